The number of H-pyrrole nitrogens is 1. The van der Waals surface area contributed by atoms with Gasteiger partial charge in [-0.1, -0.05) is 30.3 Å². The number of aromatic nitrogens is 1. The molecule has 2 aromatic carbocycles. The summed E-state index contributed by atoms with van der Waals surface area (Å²) in [6, 6.07) is 14.9. The Balaban J connectivity index is 1.26. The van der Waals surface area contributed by atoms with Crippen LogP contribution in [0.1, 0.15) is 29.3 Å². The number of anilines is 1. The van der Waals surface area contributed by atoms with E-state index in [9.17, 15) is 14.4 Å². The second-order valence-electron chi connectivity index (χ2n) is 7.48. The van der Waals surface area contributed by atoms with Gasteiger partial charge in [-0.3, -0.25) is 14.4 Å². The van der Waals surface area contributed by atoms with Crippen molar-refractivity contribution in [1.82, 2.24) is 10.3 Å². The number of fused-ring (bicyclic) bond motifs is 1. The third-order valence-corrected chi connectivity index (χ3v) is 5.37. The van der Waals surface area contributed by atoms with E-state index >= 15 is 0 Å². The van der Waals surface area contributed by atoms with Gasteiger partial charge < -0.3 is 15.6 Å². The molecule has 0 aliphatic heterocycles. The molecule has 1 aliphatic carbocycles. The van der Waals surface area contributed by atoms with Gasteiger partial charge in [0, 0.05) is 34.9 Å². The van der Waals surface area contributed by atoms with Gasteiger partial charge in [-0.05, 0) is 43.5 Å². The van der Waals surface area contributed by atoms with Crippen LogP contribution in [0.15, 0.2) is 54.7 Å². The Morgan fingerprint density at radius 2 is 1.83 bits per heavy atom. The number of nitrogens with one attached hydrogen (secondary N) is 3. The lowest BCUT2D eigenvalue weighted by molar-refractivity contribution is -0.125. The van der Waals surface area contributed by atoms with E-state index < -0.39 is 0 Å². The zero-order valence-electron chi connectivity index (χ0n) is 16.2. The topological polar surface area (TPSA) is 91.1 Å². The molecule has 0 spiro atoms. The van der Waals surface area contributed by atoms with Crippen molar-refractivity contribution in [2.75, 3.05) is 11.9 Å². The van der Waals surface area contributed by atoms with Crippen molar-refractivity contribution in [1.29, 1.82) is 0 Å². The minimum absolute atomic E-state index is 0.0556. The van der Waals surface area contributed by atoms with Crippen LogP contribution in [0.5, 0.6) is 0 Å². The molecule has 0 saturated heterocycles. The van der Waals surface area contributed by atoms with E-state index in [-0.39, 0.29) is 29.4 Å². The normalized spacial score (nSPS) is 17.7. The van der Waals surface area contributed by atoms with E-state index in [4.69, 9.17) is 0 Å². The lowest BCUT2D eigenvalue weighted by Gasteiger charge is -2.07. The van der Waals surface area contributed by atoms with Gasteiger partial charge in [-0.25, -0.2) is 0 Å². The fraction of sp³-hybridized carbons (Fsp3) is 0.261. The highest BCUT2D eigenvalue weighted by Gasteiger charge is 2.47. The van der Waals surface area contributed by atoms with E-state index in [0.29, 0.717) is 24.2 Å². The molecule has 4 rings (SSSR count). The van der Waals surface area contributed by atoms with Crippen molar-refractivity contribution < 1.29 is 14.4 Å². The van der Waals surface area contributed by atoms with Crippen LogP contribution in [-0.2, 0) is 16.0 Å². The molecule has 29 heavy (non-hydrogen) atoms. The molecular formula is C23H23N3O3. The lowest BCUT2D eigenvalue weighted by atomic mass is 10.1. The molecule has 1 aromatic heterocycles. The molecule has 1 fully saturated rings. The maximum Gasteiger partial charge on any atom is 0.228 e. The largest absolute Gasteiger partial charge is 0.361 e. The van der Waals surface area contributed by atoms with E-state index in [1.165, 1.54) is 12.3 Å². The molecule has 0 bridgehead atoms. The second-order valence-corrected chi connectivity index (χ2v) is 7.48. The number of rotatable bonds is 7. The molecule has 6 nitrogen and oxygen atoms in total. The Bertz CT molecular complexity index is 1090. The first-order valence-electron chi connectivity index (χ1n) is 9.77. The number of hydrogen-bond acceptors (Lipinski definition) is 3. The van der Waals surface area contributed by atoms with Crippen LogP contribution in [0.2, 0.25) is 0 Å². The first kappa shape index (κ1) is 18.9. The monoisotopic (exact) mass is 389 g/mol. The number of benzene rings is 2. The summed E-state index contributed by atoms with van der Waals surface area (Å²) in [4.78, 5) is 39.5. The average Bonchev–Trinajstić information content (AvgIpc) is 3.43. The smallest absolute Gasteiger partial charge is 0.228 e. The molecule has 1 heterocycles. The molecule has 148 valence electrons. The van der Waals surface area contributed by atoms with Gasteiger partial charge in [0.1, 0.15) is 0 Å². The van der Waals surface area contributed by atoms with Crippen molar-refractivity contribution in [3.63, 3.8) is 0 Å². The number of amides is 2. The summed E-state index contributed by atoms with van der Waals surface area (Å²) in [5, 5.41) is 6.92. The molecule has 2 amide bonds. The van der Waals surface area contributed by atoms with E-state index in [1.54, 1.807) is 24.3 Å². The van der Waals surface area contributed by atoms with Crippen molar-refractivity contribution in [2.45, 2.75) is 19.8 Å². The Hall–Kier alpha value is -3.41. The number of hydrogen-bond donors (Lipinski definition) is 3. The molecule has 3 N–H and O–H groups in total. The van der Waals surface area contributed by atoms with Gasteiger partial charge in [-0.15, -0.1) is 0 Å². The first-order chi connectivity index (χ1) is 14.0. The summed E-state index contributed by atoms with van der Waals surface area (Å²) in [7, 11) is 0. The number of carbonyl (C=O) groups excluding carboxylic acids is 3. The molecule has 1 saturated carbocycles. The highest BCUT2D eigenvalue weighted by atomic mass is 16.2. The summed E-state index contributed by atoms with van der Waals surface area (Å²) < 4.78 is 0. The Kier molecular flexibility index (Phi) is 5.16. The maximum absolute atomic E-state index is 12.4. The van der Waals surface area contributed by atoms with Crippen molar-refractivity contribution in [3.05, 3.63) is 65.9 Å². The molecule has 6 heteroatoms. The number of carbonyl (C=O) groups is 3. The molecule has 1 aliphatic rings. The van der Waals surface area contributed by atoms with E-state index in [2.05, 4.69) is 21.7 Å². The van der Waals surface area contributed by atoms with Gasteiger partial charge in [0.25, 0.3) is 0 Å². The van der Waals surface area contributed by atoms with E-state index in [1.807, 2.05) is 24.4 Å². The van der Waals surface area contributed by atoms with Crippen LogP contribution in [0, 0.1) is 11.8 Å². The van der Waals surface area contributed by atoms with Gasteiger partial charge in [0.05, 0.1) is 11.8 Å². The fourth-order valence-electron chi connectivity index (χ4n) is 3.62. The second kappa shape index (κ2) is 7.91. The lowest BCUT2D eigenvalue weighted by Crippen LogP contribution is -2.29. The third-order valence-electron chi connectivity index (χ3n) is 5.37. The zero-order chi connectivity index (χ0) is 20.4. The number of Topliss-reactive ketones (excluding diaryl/α,β-unsaturated/α-hetero) is 1. The zero-order valence-corrected chi connectivity index (χ0v) is 16.2. The average molecular weight is 389 g/mol. The predicted octanol–water partition coefficient (Wildman–Crippen LogP) is 3.30. The van der Waals surface area contributed by atoms with Crippen molar-refractivity contribution in [2.24, 2.45) is 11.8 Å². The Morgan fingerprint density at radius 1 is 1.03 bits per heavy atom. The van der Waals surface area contributed by atoms with Gasteiger partial charge in [0.15, 0.2) is 5.78 Å². The summed E-state index contributed by atoms with van der Waals surface area (Å²) in [5.41, 5.74) is 3.37. The minimum atomic E-state index is -0.316. The highest BCUT2D eigenvalue weighted by molar-refractivity contribution is 6.01. The standard InChI is InChI=1S/C23H23N3O3/c1-14(27)15-5-4-6-17(11-15)26-23(29)20-12-19(20)22(28)24-10-9-16-13-25-21-8-3-2-7-18(16)21/h2-8,11,13,19-20,25H,9-10,12H2,1H3,(H,24,28)(H,26,29). The van der Waals surface area contributed by atoms with Crippen molar-refractivity contribution >= 4 is 34.2 Å². The van der Waals surface area contributed by atoms with Crippen molar-refractivity contribution in [3.8, 4) is 0 Å². The molecule has 2 atom stereocenters. The van der Waals surface area contributed by atoms with Crippen LogP contribution >= 0.6 is 0 Å². The summed E-state index contributed by atoms with van der Waals surface area (Å²) in [6.07, 6.45) is 3.26. The van der Waals surface area contributed by atoms with E-state index in [0.717, 1.165) is 17.5 Å². The molecule has 2 unspecified atom stereocenters. The van der Waals surface area contributed by atoms with Crippen LogP contribution in [0.4, 0.5) is 5.69 Å². The van der Waals surface area contributed by atoms with Gasteiger partial charge in [-0.2, -0.15) is 0 Å². The molecule has 3 aromatic rings. The SMILES string of the molecule is CC(=O)c1cccc(NC(=O)C2CC2C(=O)NCCc2c[nH]c3ccccc23)c1. The quantitative estimate of drug-likeness (QED) is 0.542. The fourth-order valence-corrected chi connectivity index (χ4v) is 3.62. The molecular weight excluding hydrogens is 366 g/mol. The first-order valence-corrected chi connectivity index (χ1v) is 9.77. The number of ketones is 1. The highest BCUT2D eigenvalue weighted by Crippen LogP contribution is 2.39. The summed E-state index contributed by atoms with van der Waals surface area (Å²) in [6.45, 7) is 2.02. The van der Waals surface area contributed by atoms with Crippen LogP contribution < -0.4 is 10.6 Å². The number of aromatic amines is 1. The van der Waals surface area contributed by atoms with Crippen LogP contribution in [0.25, 0.3) is 10.9 Å². The Morgan fingerprint density at radius 3 is 2.66 bits per heavy atom. The van der Waals surface area contributed by atoms with Crippen LogP contribution in [-0.4, -0.2) is 29.1 Å². The minimum Gasteiger partial charge on any atom is -0.361 e. The molecule has 0 radical (unpaired) electrons. The Labute approximate surface area is 168 Å². The summed E-state index contributed by atoms with van der Waals surface area (Å²) in [5.74, 6) is -0.914. The predicted molar refractivity (Wildman–Crippen MR) is 112 cm³/mol. The van der Waals surface area contributed by atoms with Gasteiger partial charge >= 0.3 is 0 Å². The van der Waals surface area contributed by atoms with Gasteiger partial charge in [0.2, 0.25) is 11.8 Å². The summed E-state index contributed by atoms with van der Waals surface area (Å²) >= 11 is 0. The maximum atomic E-state index is 12.4. The number of para-hydroxylation sites is 1. The van der Waals surface area contributed by atoms with Crippen LogP contribution in [0.3, 0.4) is 0 Å². The third kappa shape index (κ3) is 4.21.